The highest BCUT2D eigenvalue weighted by atomic mass is 15.1. The summed E-state index contributed by atoms with van der Waals surface area (Å²) in [6.45, 7) is 8.97. The lowest BCUT2D eigenvalue weighted by molar-refractivity contribution is -0.696. The lowest BCUT2D eigenvalue weighted by Gasteiger charge is -2.08. The number of hydrogen-bond donors (Lipinski definition) is 0. The molecule has 2 rings (SSSR count). The molecular weight excluding hydrogens is 256 g/mol. The summed E-state index contributed by atoms with van der Waals surface area (Å²) in [6, 6.07) is 10.7. The molecule has 0 amide bonds. The minimum Gasteiger partial charge on any atom is -0.234 e. The summed E-state index contributed by atoms with van der Waals surface area (Å²) in [5, 5.41) is 0. The molecule has 0 spiro atoms. The van der Waals surface area contributed by atoms with Gasteiger partial charge in [0.05, 0.1) is 12.5 Å². The van der Waals surface area contributed by atoms with Crippen LogP contribution < -0.4 is 4.57 Å². The molecule has 114 valence electrons. The number of benzene rings is 1. The summed E-state index contributed by atoms with van der Waals surface area (Å²) in [5.74, 6) is 1.99. The van der Waals surface area contributed by atoms with E-state index in [1.54, 1.807) is 0 Å². The van der Waals surface area contributed by atoms with E-state index in [4.69, 9.17) is 0 Å². The van der Waals surface area contributed by atoms with Gasteiger partial charge in [-0.15, -0.1) is 0 Å². The SMILES string of the molecule is CCCCCCn1cc[n+](Cc2ccccc2)c1C(C)C. The number of unbranched alkanes of at least 4 members (excludes halogenated alkanes) is 3. The zero-order valence-electron chi connectivity index (χ0n) is 13.8. The Bertz CT molecular complexity index is 526. The van der Waals surface area contributed by atoms with Crippen molar-refractivity contribution in [3.63, 3.8) is 0 Å². The minimum absolute atomic E-state index is 0.551. The summed E-state index contributed by atoms with van der Waals surface area (Å²) in [5.41, 5.74) is 1.37. The zero-order chi connectivity index (χ0) is 15.1. The first-order chi connectivity index (χ1) is 10.2. The fourth-order valence-corrected chi connectivity index (χ4v) is 2.95. The normalized spacial score (nSPS) is 11.2. The number of hydrogen-bond acceptors (Lipinski definition) is 0. The van der Waals surface area contributed by atoms with Crippen LogP contribution in [0, 0.1) is 0 Å². The average molecular weight is 285 g/mol. The summed E-state index contributed by atoms with van der Waals surface area (Å²) in [7, 11) is 0. The molecule has 0 bridgehead atoms. The molecular formula is C19H29N2+. The van der Waals surface area contributed by atoms with Crippen molar-refractivity contribution in [1.29, 1.82) is 0 Å². The molecule has 1 heterocycles. The van der Waals surface area contributed by atoms with E-state index < -0.39 is 0 Å². The third-order valence-electron chi connectivity index (χ3n) is 3.98. The van der Waals surface area contributed by atoms with Gasteiger partial charge in [-0.25, -0.2) is 9.13 Å². The van der Waals surface area contributed by atoms with Gasteiger partial charge in [-0.05, 0) is 18.4 Å². The fourth-order valence-electron chi connectivity index (χ4n) is 2.95. The Morgan fingerprint density at radius 1 is 1.05 bits per heavy atom. The molecule has 0 unspecified atom stereocenters. The highest BCUT2D eigenvalue weighted by Crippen LogP contribution is 2.13. The number of nitrogens with zero attached hydrogens (tertiary/aromatic N) is 2. The second-order valence-corrected chi connectivity index (χ2v) is 6.18. The van der Waals surface area contributed by atoms with Gasteiger partial charge in [-0.3, -0.25) is 0 Å². The van der Waals surface area contributed by atoms with E-state index in [9.17, 15) is 0 Å². The van der Waals surface area contributed by atoms with Crippen LogP contribution in [0.25, 0.3) is 0 Å². The zero-order valence-corrected chi connectivity index (χ0v) is 13.8. The standard InChI is InChI=1S/C19H29N2/c1-4-5-6-10-13-20-14-15-21(19(20)17(2)3)16-18-11-8-7-9-12-18/h7-9,11-12,14-15,17H,4-6,10,13,16H2,1-3H3/q+1. The van der Waals surface area contributed by atoms with Crippen molar-refractivity contribution < 1.29 is 4.57 Å². The van der Waals surface area contributed by atoms with Crippen LogP contribution in [-0.2, 0) is 13.1 Å². The van der Waals surface area contributed by atoms with E-state index in [0.717, 1.165) is 13.1 Å². The largest absolute Gasteiger partial charge is 0.259 e. The first kappa shape index (κ1) is 15.8. The predicted molar refractivity (Wildman–Crippen MR) is 88.4 cm³/mol. The van der Waals surface area contributed by atoms with Gasteiger partial charge in [0.1, 0.15) is 18.9 Å². The third kappa shape index (κ3) is 4.45. The van der Waals surface area contributed by atoms with Crippen molar-refractivity contribution >= 4 is 0 Å². The molecule has 0 saturated heterocycles. The van der Waals surface area contributed by atoms with Gasteiger partial charge < -0.3 is 0 Å². The van der Waals surface area contributed by atoms with Crippen molar-refractivity contribution in [2.75, 3.05) is 0 Å². The molecule has 2 aromatic rings. The van der Waals surface area contributed by atoms with Crippen molar-refractivity contribution in [3.05, 3.63) is 54.1 Å². The predicted octanol–water partition coefficient (Wildman–Crippen LogP) is 4.53. The summed E-state index contributed by atoms with van der Waals surface area (Å²) in [4.78, 5) is 0. The Morgan fingerprint density at radius 2 is 1.81 bits per heavy atom. The van der Waals surface area contributed by atoms with E-state index in [0.29, 0.717) is 5.92 Å². The highest BCUT2D eigenvalue weighted by molar-refractivity contribution is 5.13. The molecule has 0 fully saturated rings. The van der Waals surface area contributed by atoms with E-state index in [1.165, 1.54) is 37.1 Å². The second kappa shape index (κ2) is 8.02. The molecule has 0 aliphatic carbocycles. The van der Waals surface area contributed by atoms with Crippen LogP contribution in [0.1, 0.15) is 63.8 Å². The maximum Gasteiger partial charge on any atom is 0.259 e. The van der Waals surface area contributed by atoms with Crippen molar-refractivity contribution in [3.8, 4) is 0 Å². The summed E-state index contributed by atoms with van der Waals surface area (Å²) >= 11 is 0. The van der Waals surface area contributed by atoms with E-state index >= 15 is 0 Å². The van der Waals surface area contributed by atoms with Crippen molar-refractivity contribution in [1.82, 2.24) is 4.57 Å². The first-order valence-corrected chi connectivity index (χ1v) is 8.34. The second-order valence-electron chi connectivity index (χ2n) is 6.18. The van der Waals surface area contributed by atoms with Crippen LogP contribution in [0.15, 0.2) is 42.7 Å². The molecule has 0 saturated carbocycles. The maximum atomic E-state index is 2.45. The van der Waals surface area contributed by atoms with Crippen LogP contribution >= 0.6 is 0 Å². The smallest absolute Gasteiger partial charge is 0.234 e. The highest BCUT2D eigenvalue weighted by Gasteiger charge is 2.20. The topological polar surface area (TPSA) is 8.81 Å². The van der Waals surface area contributed by atoms with Gasteiger partial charge in [0.15, 0.2) is 0 Å². The Hall–Kier alpha value is -1.57. The van der Waals surface area contributed by atoms with Gasteiger partial charge >= 0.3 is 0 Å². The van der Waals surface area contributed by atoms with Gasteiger partial charge in [-0.2, -0.15) is 0 Å². The Kier molecular flexibility index (Phi) is 6.04. The van der Waals surface area contributed by atoms with Gasteiger partial charge in [0, 0.05) is 0 Å². The molecule has 21 heavy (non-hydrogen) atoms. The van der Waals surface area contributed by atoms with Gasteiger partial charge in [-0.1, -0.05) is 63.9 Å². The van der Waals surface area contributed by atoms with E-state index in [2.05, 4.69) is 72.6 Å². The molecule has 0 aliphatic heterocycles. The monoisotopic (exact) mass is 285 g/mol. The third-order valence-corrected chi connectivity index (χ3v) is 3.98. The lowest BCUT2D eigenvalue weighted by Crippen LogP contribution is -2.38. The van der Waals surface area contributed by atoms with Crippen LogP contribution in [-0.4, -0.2) is 4.57 Å². The number of aromatic nitrogens is 2. The molecule has 0 N–H and O–H groups in total. The van der Waals surface area contributed by atoms with Gasteiger partial charge in [0.25, 0.3) is 5.82 Å². The van der Waals surface area contributed by atoms with Gasteiger partial charge in [0.2, 0.25) is 0 Å². The Morgan fingerprint density at radius 3 is 2.48 bits per heavy atom. The molecule has 0 aliphatic rings. The minimum atomic E-state index is 0.551. The summed E-state index contributed by atoms with van der Waals surface area (Å²) < 4.78 is 4.85. The van der Waals surface area contributed by atoms with Crippen molar-refractivity contribution in [2.45, 2.75) is 65.5 Å². The van der Waals surface area contributed by atoms with E-state index in [1.807, 2.05) is 0 Å². The van der Waals surface area contributed by atoms with Crippen LogP contribution in [0.5, 0.6) is 0 Å². The maximum absolute atomic E-state index is 2.45. The summed E-state index contributed by atoms with van der Waals surface area (Å²) in [6.07, 6.45) is 9.77. The Labute approximate surface area is 129 Å². The van der Waals surface area contributed by atoms with E-state index in [-0.39, 0.29) is 0 Å². The molecule has 1 aromatic heterocycles. The lowest BCUT2D eigenvalue weighted by atomic mass is 10.1. The average Bonchev–Trinajstić information content (AvgIpc) is 2.87. The van der Waals surface area contributed by atoms with Crippen LogP contribution in [0.2, 0.25) is 0 Å². The molecule has 0 radical (unpaired) electrons. The fraction of sp³-hybridized carbons (Fsp3) is 0.526. The Balaban J connectivity index is 2.09. The number of aryl methyl sites for hydroxylation is 1. The number of rotatable bonds is 8. The molecule has 0 atom stereocenters. The first-order valence-electron chi connectivity index (χ1n) is 8.34. The number of imidazole rings is 1. The quantitative estimate of drug-likeness (QED) is 0.498. The molecule has 2 nitrogen and oxygen atoms in total. The van der Waals surface area contributed by atoms with Crippen molar-refractivity contribution in [2.24, 2.45) is 0 Å². The molecule has 1 aromatic carbocycles. The van der Waals surface area contributed by atoms with Crippen LogP contribution in [0.3, 0.4) is 0 Å². The molecule has 2 heteroatoms. The van der Waals surface area contributed by atoms with Crippen LogP contribution in [0.4, 0.5) is 0 Å².